The van der Waals surface area contributed by atoms with Crippen LogP contribution in [0.25, 0.3) is 0 Å². The SMILES string of the molecule is CC(=O)O[C@@H]1CC[C@@]2(C)[C@@H](C1)C[C@@H](OC(C)=O)[C@@H]1[C@@H]2C[C@H](OC(C)=O)[C@]2(C)[C@@H]([C@H](C)CCC3=CC(=O)C=CC3=O)CC[C@@H]12. The fourth-order valence-corrected chi connectivity index (χ4v) is 10.5. The van der Waals surface area contributed by atoms with Crippen LogP contribution in [-0.4, -0.2) is 47.8 Å². The summed E-state index contributed by atoms with van der Waals surface area (Å²) in [6.07, 6.45) is 10.7. The van der Waals surface area contributed by atoms with Crippen LogP contribution in [0, 0.1) is 46.3 Å². The van der Waals surface area contributed by atoms with Crippen molar-refractivity contribution in [3.05, 3.63) is 23.8 Å². The van der Waals surface area contributed by atoms with E-state index < -0.39 is 0 Å². The predicted molar refractivity (Wildman–Crippen MR) is 158 cm³/mol. The lowest BCUT2D eigenvalue weighted by molar-refractivity contribution is -0.224. The number of ketones is 2. The Bertz CT molecular complexity index is 1230. The van der Waals surface area contributed by atoms with Gasteiger partial charge < -0.3 is 14.2 Å². The molecule has 5 aliphatic carbocycles. The molecule has 0 aromatic heterocycles. The van der Waals surface area contributed by atoms with E-state index in [-0.39, 0.29) is 94.1 Å². The van der Waals surface area contributed by atoms with Gasteiger partial charge in [-0.2, -0.15) is 0 Å². The summed E-state index contributed by atoms with van der Waals surface area (Å²) in [5.41, 5.74) is 0.198. The summed E-state index contributed by atoms with van der Waals surface area (Å²) in [5.74, 6) is 0.198. The quantitative estimate of drug-likeness (QED) is 0.209. The maximum absolute atomic E-state index is 12.6. The topological polar surface area (TPSA) is 113 Å². The number of allylic oxidation sites excluding steroid dienone is 4. The summed E-state index contributed by atoms with van der Waals surface area (Å²) >= 11 is 0. The van der Waals surface area contributed by atoms with Gasteiger partial charge in [-0.3, -0.25) is 24.0 Å². The Morgan fingerprint density at radius 1 is 0.884 bits per heavy atom. The van der Waals surface area contributed by atoms with Crippen LogP contribution in [0.4, 0.5) is 0 Å². The molecule has 43 heavy (non-hydrogen) atoms. The summed E-state index contributed by atoms with van der Waals surface area (Å²) in [5, 5.41) is 0. The fraction of sp³-hybridized carbons (Fsp3) is 0.743. The molecule has 0 unspecified atom stereocenters. The van der Waals surface area contributed by atoms with Gasteiger partial charge in [0.05, 0.1) is 0 Å². The molecule has 5 rings (SSSR count). The van der Waals surface area contributed by atoms with Crippen LogP contribution in [0.1, 0.15) is 99.3 Å². The van der Waals surface area contributed by atoms with Gasteiger partial charge in [-0.1, -0.05) is 20.8 Å². The van der Waals surface area contributed by atoms with Gasteiger partial charge in [0.15, 0.2) is 11.6 Å². The van der Waals surface area contributed by atoms with E-state index in [4.69, 9.17) is 14.2 Å². The third kappa shape index (κ3) is 5.87. The minimum atomic E-state index is -0.316. The third-order valence-electron chi connectivity index (χ3n) is 12.3. The molecule has 0 amide bonds. The molecule has 0 aromatic carbocycles. The molecule has 4 fully saturated rings. The first-order valence-corrected chi connectivity index (χ1v) is 16.2. The van der Waals surface area contributed by atoms with Crippen LogP contribution in [-0.2, 0) is 38.2 Å². The summed E-state index contributed by atoms with van der Waals surface area (Å²) in [6, 6.07) is 0. The number of hydrogen-bond donors (Lipinski definition) is 0. The molecule has 0 saturated heterocycles. The van der Waals surface area contributed by atoms with Gasteiger partial charge in [-0.05, 0) is 111 Å². The average Bonchev–Trinajstić information content (AvgIpc) is 3.27. The number of carbonyl (C=O) groups is 5. The number of ether oxygens (including phenoxy) is 3. The summed E-state index contributed by atoms with van der Waals surface area (Å²) in [4.78, 5) is 61.1. The van der Waals surface area contributed by atoms with E-state index in [9.17, 15) is 24.0 Å². The van der Waals surface area contributed by atoms with Gasteiger partial charge in [-0.25, -0.2) is 0 Å². The summed E-state index contributed by atoms with van der Waals surface area (Å²) in [6.45, 7) is 11.3. The second-order valence-corrected chi connectivity index (χ2v) is 14.6. The number of rotatable bonds is 7. The van der Waals surface area contributed by atoms with Gasteiger partial charge in [0, 0.05) is 37.7 Å². The Morgan fingerprint density at radius 3 is 2.26 bits per heavy atom. The first kappa shape index (κ1) is 31.6. The number of fused-ring (bicyclic) bond motifs is 5. The van der Waals surface area contributed by atoms with E-state index in [1.807, 2.05) is 0 Å². The Labute approximate surface area is 255 Å². The molecule has 4 saturated carbocycles. The van der Waals surface area contributed by atoms with Crippen molar-refractivity contribution in [2.75, 3.05) is 0 Å². The van der Waals surface area contributed by atoms with Crippen LogP contribution >= 0.6 is 0 Å². The van der Waals surface area contributed by atoms with Gasteiger partial charge in [0.1, 0.15) is 18.3 Å². The lowest BCUT2D eigenvalue weighted by Gasteiger charge is -2.64. The number of hydrogen-bond acceptors (Lipinski definition) is 8. The van der Waals surface area contributed by atoms with E-state index in [2.05, 4.69) is 20.8 Å². The molecule has 0 spiro atoms. The molecular weight excluding hydrogens is 548 g/mol. The van der Waals surface area contributed by atoms with Gasteiger partial charge in [0.2, 0.25) is 0 Å². The normalized spacial score (nSPS) is 40.8. The van der Waals surface area contributed by atoms with Crippen LogP contribution in [0.15, 0.2) is 23.8 Å². The van der Waals surface area contributed by atoms with Crippen LogP contribution in [0.5, 0.6) is 0 Å². The van der Waals surface area contributed by atoms with Crippen molar-refractivity contribution in [2.45, 2.75) is 118 Å². The van der Waals surface area contributed by atoms with Gasteiger partial charge in [-0.15, -0.1) is 0 Å². The van der Waals surface area contributed by atoms with Gasteiger partial charge >= 0.3 is 17.9 Å². The molecular formula is C35H48O8. The van der Waals surface area contributed by atoms with Crippen molar-refractivity contribution < 1.29 is 38.2 Å². The molecule has 8 nitrogen and oxygen atoms in total. The highest BCUT2D eigenvalue weighted by molar-refractivity contribution is 6.17. The second-order valence-electron chi connectivity index (χ2n) is 14.6. The van der Waals surface area contributed by atoms with Gasteiger partial charge in [0.25, 0.3) is 0 Å². The smallest absolute Gasteiger partial charge is 0.302 e. The van der Waals surface area contributed by atoms with Crippen molar-refractivity contribution in [3.63, 3.8) is 0 Å². The Balaban J connectivity index is 1.45. The van der Waals surface area contributed by atoms with Crippen molar-refractivity contribution >= 4 is 29.5 Å². The molecule has 0 radical (unpaired) electrons. The van der Waals surface area contributed by atoms with Crippen molar-refractivity contribution in [1.82, 2.24) is 0 Å². The highest BCUT2D eigenvalue weighted by atomic mass is 16.6. The van der Waals surface area contributed by atoms with E-state index >= 15 is 0 Å². The second kappa shape index (κ2) is 12.0. The van der Waals surface area contributed by atoms with Crippen LogP contribution < -0.4 is 0 Å². The zero-order valence-electron chi connectivity index (χ0n) is 26.6. The van der Waals surface area contributed by atoms with Crippen LogP contribution in [0.3, 0.4) is 0 Å². The molecule has 0 bridgehead atoms. The molecule has 0 heterocycles. The third-order valence-corrected chi connectivity index (χ3v) is 12.3. The standard InChI is InChI=1S/C35H48O8/c1-19(7-8-23-15-25(39)9-12-30(23)40)27-10-11-28-33-29(18-32(35(27,28)6)43-22(4)38)34(5)14-13-26(41-20(2)36)16-24(34)17-31(33)42-21(3)37/h9,12,15,19,24,26-29,31-33H,7-8,10-11,13-14,16-18H2,1-6H3/t19-,24+,26-,27-,28+,29+,31-,32+,33+,34+,35-/m1/s1. The number of esters is 3. The molecule has 236 valence electrons. The first-order chi connectivity index (χ1) is 20.2. The Hall–Kier alpha value is -2.77. The van der Waals surface area contributed by atoms with E-state index in [0.29, 0.717) is 18.4 Å². The maximum atomic E-state index is 12.6. The summed E-state index contributed by atoms with van der Waals surface area (Å²) < 4.78 is 18.0. The molecule has 5 aliphatic rings. The fourth-order valence-electron chi connectivity index (χ4n) is 10.5. The summed E-state index contributed by atoms with van der Waals surface area (Å²) in [7, 11) is 0. The van der Waals surface area contributed by atoms with E-state index in [0.717, 1.165) is 44.9 Å². The van der Waals surface area contributed by atoms with Crippen LogP contribution in [0.2, 0.25) is 0 Å². The van der Waals surface area contributed by atoms with E-state index in [1.165, 1.54) is 39.0 Å². The minimum Gasteiger partial charge on any atom is -0.463 e. The molecule has 8 heteroatoms. The van der Waals surface area contributed by atoms with Crippen molar-refractivity contribution in [1.29, 1.82) is 0 Å². The maximum Gasteiger partial charge on any atom is 0.302 e. The monoisotopic (exact) mass is 596 g/mol. The molecule has 0 N–H and O–H groups in total. The Morgan fingerprint density at radius 2 is 1.58 bits per heavy atom. The average molecular weight is 597 g/mol. The lowest BCUT2D eigenvalue weighted by Crippen LogP contribution is -2.63. The van der Waals surface area contributed by atoms with Crippen molar-refractivity contribution in [2.24, 2.45) is 46.3 Å². The van der Waals surface area contributed by atoms with Crippen molar-refractivity contribution in [3.8, 4) is 0 Å². The zero-order valence-corrected chi connectivity index (χ0v) is 26.6. The zero-order chi connectivity index (χ0) is 31.3. The molecule has 0 aromatic rings. The predicted octanol–water partition coefficient (Wildman–Crippen LogP) is 5.71. The largest absolute Gasteiger partial charge is 0.463 e. The van der Waals surface area contributed by atoms with E-state index in [1.54, 1.807) is 0 Å². The lowest BCUT2D eigenvalue weighted by atomic mass is 9.43. The highest BCUT2D eigenvalue weighted by Gasteiger charge is 2.67. The highest BCUT2D eigenvalue weighted by Crippen LogP contribution is 2.69. The minimum absolute atomic E-state index is 0.0464. The molecule has 11 atom stereocenters. The number of carbonyl (C=O) groups excluding carboxylic acids is 5. The first-order valence-electron chi connectivity index (χ1n) is 16.2. The Kier molecular flexibility index (Phi) is 8.80. The molecule has 0 aliphatic heterocycles.